The van der Waals surface area contributed by atoms with Crippen LogP contribution in [0.15, 0.2) is 54.7 Å². The van der Waals surface area contributed by atoms with Gasteiger partial charge in [-0.3, -0.25) is 9.48 Å². The van der Waals surface area contributed by atoms with Crippen molar-refractivity contribution in [1.82, 2.24) is 15.1 Å². The van der Waals surface area contributed by atoms with Crippen molar-refractivity contribution in [3.05, 3.63) is 71.5 Å². The fraction of sp³-hybridized carbons (Fsp3) is 0.273. The van der Waals surface area contributed by atoms with Gasteiger partial charge in [-0.05, 0) is 30.2 Å². The molecule has 0 bridgehead atoms. The van der Waals surface area contributed by atoms with Crippen molar-refractivity contribution in [1.29, 1.82) is 0 Å². The second-order valence-corrected chi connectivity index (χ2v) is 7.24. The molecule has 1 atom stereocenters. The minimum atomic E-state index is -4.46. The monoisotopic (exact) mass is 415 g/mol. The first kappa shape index (κ1) is 20.0. The Kier molecular flexibility index (Phi) is 5.24. The van der Waals surface area contributed by atoms with Crippen molar-refractivity contribution in [3.8, 4) is 16.9 Å². The van der Waals surface area contributed by atoms with Crippen molar-refractivity contribution >= 4 is 5.91 Å². The Bertz CT molecular complexity index is 1080. The molecule has 1 amide bonds. The molecule has 4 rings (SSSR count). The Balaban J connectivity index is 1.47. The Labute approximate surface area is 171 Å². The number of amides is 1. The molecule has 30 heavy (non-hydrogen) atoms. The second kappa shape index (κ2) is 7.85. The average molecular weight is 415 g/mol. The number of hydrogen-bond donors (Lipinski definition) is 1. The number of carbonyl (C=O) groups is 1. The summed E-state index contributed by atoms with van der Waals surface area (Å²) in [4.78, 5) is 12.1. The summed E-state index contributed by atoms with van der Waals surface area (Å²) in [6.45, 7) is 2.19. The first-order chi connectivity index (χ1) is 14.3. The van der Waals surface area contributed by atoms with Gasteiger partial charge in [-0.2, -0.15) is 18.3 Å². The van der Waals surface area contributed by atoms with Gasteiger partial charge >= 0.3 is 6.18 Å². The summed E-state index contributed by atoms with van der Waals surface area (Å²) in [5, 5.41) is 6.98. The molecule has 0 aliphatic carbocycles. The highest BCUT2D eigenvalue weighted by molar-refractivity contribution is 5.77. The van der Waals surface area contributed by atoms with Crippen LogP contribution >= 0.6 is 0 Å². The molecule has 1 unspecified atom stereocenters. The SMILES string of the molecule is Cc1ccn(CC(=O)NCC2Cc3cccc(-c4ccccc4C(F)(F)F)c3O2)n1. The van der Waals surface area contributed by atoms with E-state index in [1.54, 1.807) is 29.1 Å². The number of fused-ring (bicyclic) bond motifs is 1. The number of rotatable bonds is 5. The standard InChI is InChI=1S/C22H20F3N3O2/c1-14-9-10-28(27-14)13-20(29)26-12-16-11-15-5-4-7-18(21(15)30-16)17-6-2-3-8-19(17)22(23,24)25/h2-10,16H,11-13H2,1H3,(H,26,29). The van der Waals surface area contributed by atoms with Gasteiger partial charge in [-0.15, -0.1) is 0 Å². The molecule has 8 heteroatoms. The molecule has 1 aliphatic heterocycles. The maximum absolute atomic E-state index is 13.5. The molecule has 0 spiro atoms. The average Bonchev–Trinajstić information content (AvgIpc) is 3.31. The molecular formula is C22H20F3N3O2. The third-order valence-electron chi connectivity index (χ3n) is 4.96. The summed E-state index contributed by atoms with van der Waals surface area (Å²) in [6, 6.07) is 12.5. The molecule has 0 fully saturated rings. The van der Waals surface area contributed by atoms with Crippen LogP contribution in [0.2, 0.25) is 0 Å². The Morgan fingerprint density at radius 1 is 1.17 bits per heavy atom. The minimum Gasteiger partial charge on any atom is -0.487 e. The molecule has 2 aromatic carbocycles. The lowest BCUT2D eigenvalue weighted by atomic mass is 9.96. The molecule has 1 N–H and O–H groups in total. The maximum Gasteiger partial charge on any atom is 0.417 e. The number of nitrogens with zero attached hydrogens (tertiary/aromatic N) is 2. The lowest BCUT2D eigenvalue weighted by molar-refractivity contribution is -0.137. The summed E-state index contributed by atoms with van der Waals surface area (Å²) in [5.74, 6) is 0.233. The smallest absolute Gasteiger partial charge is 0.417 e. The Morgan fingerprint density at radius 2 is 1.93 bits per heavy atom. The zero-order chi connectivity index (χ0) is 21.3. The van der Waals surface area contributed by atoms with Crippen LogP contribution in [0.1, 0.15) is 16.8 Å². The predicted molar refractivity (Wildman–Crippen MR) is 105 cm³/mol. The summed E-state index contributed by atoms with van der Waals surface area (Å²) >= 11 is 0. The molecule has 1 aromatic heterocycles. The van der Waals surface area contributed by atoms with Crippen molar-refractivity contribution in [2.45, 2.75) is 32.2 Å². The van der Waals surface area contributed by atoms with Gasteiger partial charge < -0.3 is 10.1 Å². The molecule has 3 aromatic rings. The van der Waals surface area contributed by atoms with Crippen LogP contribution in [0, 0.1) is 6.92 Å². The molecule has 156 valence electrons. The summed E-state index contributed by atoms with van der Waals surface area (Å²) in [6.07, 6.45) is -2.57. The van der Waals surface area contributed by atoms with Gasteiger partial charge in [0.25, 0.3) is 0 Å². The van der Waals surface area contributed by atoms with Gasteiger partial charge in [0.15, 0.2) is 0 Å². The molecule has 0 saturated heterocycles. The molecule has 2 heterocycles. The molecule has 5 nitrogen and oxygen atoms in total. The van der Waals surface area contributed by atoms with Crippen molar-refractivity contribution in [2.24, 2.45) is 0 Å². The van der Waals surface area contributed by atoms with Gasteiger partial charge in [0.05, 0.1) is 17.8 Å². The van der Waals surface area contributed by atoms with Crippen LogP contribution in [-0.4, -0.2) is 28.3 Å². The zero-order valence-electron chi connectivity index (χ0n) is 16.2. The van der Waals surface area contributed by atoms with E-state index in [1.165, 1.54) is 12.1 Å². The summed E-state index contributed by atoms with van der Waals surface area (Å²) < 4.78 is 47.9. The normalized spacial score (nSPS) is 15.5. The second-order valence-electron chi connectivity index (χ2n) is 7.24. The van der Waals surface area contributed by atoms with E-state index in [0.29, 0.717) is 17.7 Å². The van der Waals surface area contributed by atoms with Crippen LogP contribution in [0.3, 0.4) is 0 Å². The molecular weight excluding hydrogens is 395 g/mol. The van der Waals surface area contributed by atoms with E-state index in [4.69, 9.17) is 4.74 Å². The number of carbonyl (C=O) groups excluding carboxylic acids is 1. The number of ether oxygens (including phenoxy) is 1. The number of hydrogen-bond acceptors (Lipinski definition) is 3. The van der Waals surface area contributed by atoms with Crippen molar-refractivity contribution in [3.63, 3.8) is 0 Å². The topological polar surface area (TPSA) is 56.2 Å². The van der Waals surface area contributed by atoms with E-state index in [0.717, 1.165) is 17.3 Å². The van der Waals surface area contributed by atoms with Crippen molar-refractivity contribution in [2.75, 3.05) is 6.54 Å². The Morgan fingerprint density at radius 3 is 2.67 bits per heavy atom. The largest absolute Gasteiger partial charge is 0.487 e. The zero-order valence-corrected chi connectivity index (χ0v) is 16.2. The maximum atomic E-state index is 13.5. The summed E-state index contributed by atoms with van der Waals surface area (Å²) in [7, 11) is 0. The van der Waals surface area contributed by atoms with E-state index in [2.05, 4.69) is 10.4 Å². The molecule has 0 radical (unpaired) electrons. The van der Waals surface area contributed by atoms with Crippen LogP contribution < -0.4 is 10.1 Å². The van der Waals surface area contributed by atoms with E-state index in [-0.39, 0.29) is 30.7 Å². The van der Waals surface area contributed by atoms with Crippen LogP contribution in [0.5, 0.6) is 5.75 Å². The number of nitrogens with one attached hydrogen (secondary N) is 1. The van der Waals surface area contributed by atoms with E-state index in [1.807, 2.05) is 19.1 Å². The van der Waals surface area contributed by atoms with Crippen LogP contribution in [-0.2, 0) is 23.9 Å². The predicted octanol–water partition coefficient (Wildman–Crippen LogP) is 4.00. The van der Waals surface area contributed by atoms with E-state index < -0.39 is 11.7 Å². The third-order valence-corrected chi connectivity index (χ3v) is 4.96. The first-order valence-electron chi connectivity index (χ1n) is 9.53. The molecule has 1 aliphatic rings. The van der Waals surface area contributed by atoms with Crippen molar-refractivity contribution < 1.29 is 22.7 Å². The van der Waals surface area contributed by atoms with Crippen LogP contribution in [0.25, 0.3) is 11.1 Å². The highest BCUT2D eigenvalue weighted by Gasteiger charge is 2.35. The fourth-order valence-corrected chi connectivity index (χ4v) is 3.61. The van der Waals surface area contributed by atoms with Gasteiger partial charge in [0, 0.05) is 18.2 Å². The van der Waals surface area contributed by atoms with E-state index >= 15 is 0 Å². The van der Waals surface area contributed by atoms with Gasteiger partial charge in [0.1, 0.15) is 18.4 Å². The molecule has 0 saturated carbocycles. The Hall–Kier alpha value is -3.29. The number of para-hydroxylation sites is 1. The van der Waals surface area contributed by atoms with Gasteiger partial charge in [-0.1, -0.05) is 36.4 Å². The number of alkyl halides is 3. The number of halogens is 3. The first-order valence-corrected chi connectivity index (χ1v) is 9.53. The highest BCUT2D eigenvalue weighted by Crippen LogP contribution is 2.43. The lowest BCUT2D eigenvalue weighted by Crippen LogP contribution is -2.36. The number of benzene rings is 2. The fourth-order valence-electron chi connectivity index (χ4n) is 3.61. The van der Waals surface area contributed by atoms with E-state index in [9.17, 15) is 18.0 Å². The highest BCUT2D eigenvalue weighted by atomic mass is 19.4. The minimum absolute atomic E-state index is 0.0839. The number of aromatic nitrogens is 2. The van der Waals surface area contributed by atoms with Crippen LogP contribution in [0.4, 0.5) is 13.2 Å². The third kappa shape index (κ3) is 4.17. The lowest BCUT2D eigenvalue weighted by Gasteiger charge is -2.16. The van der Waals surface area contributed by atoms with Gasteiger partial charge in [0.2, 0.25) is 5.91 Å². The number of aryl methyl sites for hydroxylation is 1. The summed E-state index contributed by atoms with van der Waals surface area (Å²) in [5.41, 5.74) is 1.44. The van der Waals surface area contributed by atoms with Gasteiger partial charge in [-0.25, -0.2) is 0 Å². The quantitative estimate of drug-likeness (QED) is 0.686.